The lowest BCUT2D eigenvalue weighted by atomic mass is 10.1. The number of phenols is 1. The molecule has 29 heavy (non-hydrogen) atoms. The first kappa shape index (κ1) is 20.5. The molecule has 3 amide bonds. The first-order valence-electron chi connectivity index (χ1n) is 8.78. The van der Waals surface area contributed by atoms with Crippen molar-refractivity contribution in [3.8, 4) is 11.5 Å². The summed E-state index contributed by atoms with van der Waals surface area (Å²) < 4.78 is 5.04. The van der Waals surface area contributed by atoms with E-state index in [-0.39, 0.29) is 22.9 Å². The third-order valence-electron chi connectivity index (χ3n) is 4.50. The van der Waals surface area contributed by atoms with E-state index in [1.165, 1.54) is 13.2 Å². The minimum Gasteiger partial charge on any atom is -0.504 e. The molecular weight excluding hydrogens is 392 g/mol. The van der Waals surface area contributed by atoms with Crippen molar-refractivity contribution in [1.29, 1.82) is 0 Å². The zero-order valence-corrected chi connectivity index (χ0v) is 17.0. The monoisotopic (exact) mass is 412 g/mol. The Kier molecular flexibility index (Phi) is 5.93. The average Bonchev–Trinajstić information content (AvgIpc) is 2.94. The molecule has 0 spiro atoms. The Labute approximate surface area is 172 Å². The Balaban J connectivity index is 1.73. The van der Waals surface area contributed by atoms with Gasteiger partial charge < -0.3 is 15.2 Å². The second-order valence-electron chi connectivity index (χ2n) is 6.51. The fourth-order valence-electron chi connectivity index (χ4n) is 2.76. The van der Waals surface area contributed by atoms with Crippen molar-refractivity contribution < 1.29 is 24.2 Å². The Morgan fingerprint density at radius 2 is 1.97 bits per heavy atom. The van der Waals surface area contributed by atoms with Gasteiger partial charge in [0.05, 0.1) is 12.0 Å². The molecule has 150 valence electrons. The number of methoxy groups -OCH3 is 1. The standard InChI is InChI=1S/C21H20N2O5S/c1-12-7-8-15(9-13(12)2)22-18(24)11-23-20(26)17(29-21(23)27)10-14-5-4-6-16(28-3)19(14)25/h4-10,25H,11H2,1-3H3,(H,22,24)/b17-10-. The van der Waals surface area contributed by atoms with Crippen molar-refractivity contribution in [2.75, 3.05) is 19.0 Å². The summed E-state index contributed by atoms with van der Waals surface area (Å²) >= 11 is 0.718. The van der Waals surface area contributed by atoms with Gasteiger partial charge in [-0.05, 0) is 61.0 Å². The molecular formula is C21H20N2O5S. The summed E-state index contributed by atoms with van der Waals surface area (Å²) in [5.74, 6) is -0.932. The van der Waals surface area contributed by atoms with E-state index in [2.05, 4.69) is 5.32 Å². The number of nitrogens with one attached hydrogen (secondary N) is 1. The maximum atomic E-state index is 12.6. The summed E-state index contributed by atoms with van der Waals surface area (Å²) in [5, 5.41) is 12.3. The van der Waals surface area contributed by atoms with Crippen molar-refractivity contribution in [1.82, 2.24) is 4.90 Å². The molecule has 2 aromatic rings. The number of hydrogen-bond acceptors (Lipinski definition) is 6. The van der Waals surface area contributed by atoms with E-state index in [1.807, 2.05) is 26.0 Å². The molecule has 0 radical (unpaired) electrons. The SMILES string of the molecule is COc1cccc(/C=C2\SC(=O)N(CC(=O)Nc3ccc(C)c(C)c3)C2=O)c1O. The number of phenolic OH excluding ortho intramolecular Hbond substituents is 1. The van der Waals surface area contributed by atoms with Crippen LogP contribution in [-0.2, 0) is 9.59 Å². The summed E-state index contributed by atoms with van der Waals surface area (Å²) in [4.78, 5) is 38.2. The van der Waals surface area contributed by atoms with Gasteiger partial charge in [0.25, 0.3) is 11.1 Å². The van der Waals surface area contributed by atoms with Crippen LogP contribution in [0.15, 0.2) is 41.3 Å². The Hall–Kier alpha value is -3.26. The highest BCUT2D eigenvalue weighted by atomic mass is 32.2. The Bertz CT molecular complexity index is 1030. The molecule has 1 heterocycles. The molecule has 7 nitrogen and oxygen atoms in total. The van der Waals surface area contributed by atoms with Crippen LogP contribution in [0, 0.1) is 13.8 Å². The largest absolute Gasteiger partial charge is 0.504 e. The zero-order valence-electron chi connectivity index (χ0n) is 16.2. The smallest absolute Gasteiger partial charge is 0.294 e. The van der Waals surface area contributed by atoms with Gasteiger partial charge >= 0.3 is 0 Å². The first-order valence-corrected chi connectivity index (χ1v) is 9.60. The highest BCUT2D eigenvalue weighted by molar-refractivity contribution is 8.18. The number of anilines is 1. The third kappa shape index (κ3) is 4.43. The summed E-state index contributed by atoms with van der Waals surface area (Å²) in [6, 6.07) is 10.3. The number of ether oxygens (including phenoxy) is 1. The van der Waals surface area contributed by atoms with Crippen LogP contribution in [0.2, 0.25) is 0 Å². The minimum atomic E-state index is -0.586. The molecule has 1 aliphatic rings. The predicted molar refractivity (Wildman–Crippen MR) is 112 cm³/mol. The highest BCUT2D eigenvalue weighted by Crippen LogP contribution is 2.36. The maximum absolute atomic E-state index is 12.6. The van der Waals surface area contributed by atoms with Crippen LogP contribution >= 0.6 is 11.8 Å². The van der Waals surface area contributed by atoms with E-state index in [4.69, 9.17) is 4.74 Å². The van der Waals surface area contributed by atoms with Crippen LogP contribution in [0.25, 0.3) is 6.08 Å². The van der Waals surface area contributed by atoms with Crippen LogP contribution in [0.1, 0.15) is 16.7 Å². The van der Waals surface area contributed by atoms with Gasteiger partial charge in [-0.2, -0.15) is 0 Å². The van der Waals surface area contributed by atoms with Crippen molar-refractivity contribution >= 4 is 40.6 Å². The molecule has 1 fully saturated rings. The van der Waals surface area contributed by atoms with Crippen LogP contribution < -0.4 is 10.1 Å². The Morgan fingerprint density at radius 1 is 1.21 bits per heavy atom. The van der Waals surface area contributed by atoms with Crippen molar-refractivity contribution in [2.45, 2.75) is 13.8 Å². The number of thioether (sulfide) groups is 1. The summed E-state index contributed by atoms with van der Waals surface area (Å²) in [6.45, 7) is 3.51. The minimum absolute atomic E-state index is 0.123. The van der Waals surface area contributed by atoms with Crippen LogP contribution in [0.4, 0.5) is 10.5 Å². The number of carbonyl (C=O) groups is 3. The molecule has 0 saturated carbocycles. The number of rotatable bonds is 5. The van der Waals surface area contributed by atoms with E-state index in [9.17, 15) is 19.5 Å². The van der Waals surface area contributed by atoms with Crippen LogP contribution in [-0.4, -0.2) is 40.7 Å². The predicted octanol–water partition coefficient (Wildman–Crippen LogP) is 3.69. The third-order valence-corrected chi connectivity index (χ3v) is 5.41. The van der Waals surface area contributed by atoms with Gasteiger partial charge in [0.2, 0.25) is 5.91 Å². The lowest BCUT2D eigenvalue weighted by Crippen LogP contribution is -2.36. The number of nitrogens with zero attached hydrogens (tertiary/aromatic N) is 1. The summed E-state index contributed by atoms with van der Waals surface area (Å²) in [6.07, 6.45) is 1.41. The van der Waals surface area contributed by atoms with E-state index < -0.39 is 17.1 Å². The second-order valence-corrected chi connectivity index (χ2v) is 7.51. The molecule has 2 aromatic carbocycles. The van der Waals surface area contributed by atoms with Gasteiger partial charge in [-0.1, -0.05) is 18.2 Å². The van der Waals surface area contributed by atoms with E-state index >= 15 is 0 Å². The van der Waals surface area contributed by atoms with Gasteiger partial charge in [-0.25, -0.2) is 0 Å². The number of aromatic hydroxyl groups is 1. The number of carbonyl (C=O) groups excluding carboxylic acids is 3. The topological polar surface area (TPSA) is 95.9 Å². The number of aryl methyl sites for hydroxylation is 2. The lowest BCUT2D eigenvalue weighted by molar-refractivity contribution is -0.127. The molecule has 2 N–H and O–H groups in total. The van der Waals surface area contributed by atoms with Gasteiger partial charge in [0.1, 0.15) is 6.54 Å². The molecule has 1 saturated heterocycles. The van der Waals surface area contributed by atoms with Crippen molar-refractivity contribution in [3.63, 3.8) is 0 Å². The summed E-state index contributed by atoms with van der Waals surface area (Å²) in [7, 11) is 1.42. The number of benzene rings is 2. The van der Waals surface area contributed by atoms with Crippen molar-refractivity contribution in [3.05, 3.63) is 58.0 Å². The molecule has 8 heteroatoms. The maximum Gasteiger partial charge on any atom is 0.294 e. The zero-order chi connectivity index (χ0) is 21.1. The second kappa shape index (κ2) is 8.40. The molecule has 1 aliphatic heterocycles. The lowest BCUT2D eigenvalue weighted by Gasteiger charge is -2.13. The highest BCUT2D eigenvalue weighted by Gasteiger charge is 2.36. The van der Waals surface area contributed by atoms with Crippen LogP contribution in [0.3, 0.4) is 0 Å². The van der Waals surface area contributed by atoms with Gasteiger partial charge in [0, 0.05) is 11.3 Å². The van der Waals surface area contributed by atoms with E-state index in [0.29, 0.717) is 11.3 Å². The fraction of sp³-hybridized carbons (Fsp3) is 0.190. The van der Waals surface area contributed by atoms with Crippen molar-refractivity contribution in [2.24, 2.45) is 0 Å². The normalized spacial score (nSPS) is 15.1. The summed E-state index contributed by atoms with van der Waals surface area (Å²) in [5.41, 5.74) is 3.06. The number of hydrogen-bond donors (Lipinski definition) is 2. The first-order chi connectivity index (χ1) is 13.8. The number of amides is 3. The molecule has 3 rings (SSSR count). The van der Waals surface area contributed by atoms with E-state index in [0.717, 1.165) is 27.8 Å². The average molecular weight is 412 g/mol. The fourth-order valence-corrected chi connectivity index (χ4v) is 3.59. The molecule has 0 aliphatic carbocycles. The van der Waals surface area contributed by atoms with Gasteiger partial charge in [-0.15, -0.1) is 0 Å². The molecule has 0 bridgehead atoms. The quantitative estimate of drug-likeness (QED) is 0.727. The number of imide groups is 1. The number of para-hydroxylation sites is 1. The molecule has 0 aromatic heterocycles. The van der Waals surface area contributed by atoms with Crippen LogP contribution in [0.5, 0.6) is 11.5 Å². The molecule has 0 unspecified atom stereocenters. The van der Waals surface area contributed by atoms with Gasteiger partial charge in [-0.3, -0.25) is 19.3 Å². The van der Waals surface area contributed by atoms with E-state index in [1.54, 1.807) is 24.3 Å². The molecule has 0 atom stereocenters. The Morgan fingerprint density at radius 3 is 2.66 bits per heavy atom. The van der Waals surface area contributed by atoms with Gasteiger partial charge in [0.15, 0.2) is 11.5 Å².